The molecule has 1 aromatic heterocycles. The number of nitrogens with zero attached hydrogens (tertiary/aromatic N) is 3. The quantitative estimate of drug-likeness (QED) is 0.857. The first kappa shape index (κ1) is 13.8. The number of carbonyl (C=O) groups is 1. The fourth-order valence-electron chi connectivity index (χ4n) is 2.01. The lowest BCUT2D eigenvalue weighted by Crippen LogP contribution is -2.31. The van der Waals surface area contributed by atoms with Gasteiger partial charge in [0, 0.05) is 18.8 Å². The first-order valence-corrected chi connectivity index (χ1v) is 6.28. The second-order valence-corrected chi connectivity index (χ2v) is 4.52. The third-order valence-electron chi connectivity index (χ3n) is 3.17. The molecule has 1 aromatic carbocycles. The SMILES string of the molecule is Cc1ccccc1C(=O)N(C)C(C#N)c1ccccn1. The number of aryl methyl sites for hydroxylation is 1. The molecule has 0 aliphatic heterocycles. The van der Waals surface area contributed by atoms with Gasteiger partial charge in [0.25, 0.3) is 5.91 Å². The Morgan fingerprint density at radius 2 is 1.95 bits per heavy atom. The molecule has 1 atom stereocenters. The molecule has 0 aliphatic carbocycles. The Morgan fingerprint density at radius 3 is 2.55 bits per heavy atom. The summed E-state index contributed by atoms with van der Waals surface area (Å²) < 4.78 is 0. The van der Waals surface area contributed by atoms with Crippen molar-refractivity contribution in [2.24, 2.45) is 0 Å². The summed E-state index contributed by atoms with van der Waals surface area (Å²) in [6.07, 6.45) is 1.62. The number of hydrogen-bond donors (Lipinski definition) is 0. The molecule has 100 valence electrons. The van der Waals surface area contributed by atoms with E-state index < -0.39 is 6.04 Å². The van der Waals surface area contributed by atoms with Crippen molar-refractivity contribution in [2.45, 2.75) is 13.0 Å². The zero-order valence-electron chi connectivity index (χ0n) is 11.4. The van der Waals surface area contributed by atoms with Crippen LogP contribution >= 0.6 is 0 Å². The van der Waals surface area contributed by atoms with E-state index in [-0.39, 0.29) is 5.91 Å². The average Bonchev–Trinajstić information content (AvgIpc) is 2.49. The van der Waals surface area contributed by atoms with Crippen LogP contribution in [0.4, 0.5) is 0 Å². The van der Waals surface area contributed by atoms with Crippen molar-refractivity contribution in [2.75, 3.05) is 7.05 Å². The van der Waals surface area contributed by atoms with Crippen molar-refractivity contribution in [1.82, 2.24) is 9.88 Å². The Morgan fingerprint density at radius 1 is 1.25 bits per heavy atom. The van der Waals surface area contributed by atoms with Gasteiger partial charge in [-0.25, -0.2) is 0 Å². The van der Waals surface area contributed by atoms with Crippen LogP contribution in [-0.2, 0) is 0 Å². The lowest BCUT2D eigenvalue weighted by molar-refractivity contribution is 0.0760. The Balaban J connectivity index is 2.31. The molecule has 1 amide bonds. The summed E-state index contributed by atoms with van der Waals surface area (Å²) in [5, 5.41) is 9.33. The van der Waals surface area contributed by atoms with Crippen LogP contribution in [0.1, 0.15) is 27.7 Å². The molecule has 4 heteroatoms. The molecule has 20 heavy (non-hydrogen) atoms. The van der Waals surface area contributed by atoms with Crippen molar-refractivity contribution in [3.8, 4) is 6.07 Å². The van der Waals surface area contributed by atoms with E-state index >= 15 is 0 Å². The second kappa shape index (κ2) is 5.98. The molecule has 4 nitrogen and oxygen atoms in total. The Bertz CT molecular complexity index is 646. The lowest BCUT2D eigenvalue weighted by atomic mass is 10.1. The van der Waals surface area contributed by atoms with Gasteiger partial charge in [-0.15, -0.1) is 0 Å². The number of rotatable bonds is 3. The van der Waals surface area contributed by atoms with Crippen molar-refractivity contribution >= 4 is 5.91 Å². The highest BCUT2D eigenvalue weighted by Crippen LogP contribution is 2.19. The van der Waals surface area contributed by atoms with Crippen LogP contribution in [0, 0.1) is 18.3 Å². The van der Waals surface area contributed by atoms with E-state index in [9.17, 15) is 10.1 Å². The van der Waals surface area contributed by atoms with E-state index in [2.05, 4.69) is 11.1 Å². The second-order valence-electron chi connectivity index (χ2n) is 4.52. The van der Waals surface area contributed by atoms with Crippen LogP contribution < -0.4 is 0 Å². The molecule has 0 radical (unpaired) electrons. The van der Waals surface area contributed by atoms with E-state index in [1.165, 1.54) is 4.90 Å². The van der Waals surface area contributed by atoms with E-state index in [1.807, 2.05) is 25.1 Å². The first-order valence-electron chi connectivity index (χ1n) is 6.28. The van der Waals surface area contributed by atoms with Gasteiger partial charge in [0.05, 0.1) is 11.8 Å². The molecule has 1 unspecified atom stereocenters. The van der Waals surface area contributed by atoms with Crippen molar-refractivity contribution in [1.29, 1.82) is 5.26 Å². The first-order chi connectivity index (χ1) is 9.65. The minimum atomic E-state index is -0.691. The van der Waals surface area contributed by atoms with Gasteiger partial charge in [0.1, 0.15) is 0 Å². The predicted molar refractivity (Wildman–Crippen MR) is 75.9 cm³/mol. The number of benzene rings is 1. The third kappa shape index (κ3) is 2.67. The molecule has 0 fully saturated rings. The molecule has 0 aliphatic rings. The van der Waals surface area contributed by atoms with Gasteiger partial charge in [-0.1, -0.05) is 24.3 Å². The number of carbonyl (C=O) groups excluding carboxylic acids is 1. The molecular formula is C16H15N3O. The zero-order chi connectivity index (χ0) is 14.5. The number of pyridine rings is 1. The summed E-state index contributed by atoms with van der Waals surface area (Å²) in [7, 11) is 1.62. The van der Waals surface area contributed by atoms with Crippen LogP contribution in [0.2, 0.25) is 0 Å². The molecule has 2 rings (SSSR count). The maximum Gasteiger partial charge on any atom is 0.255 e. The highest BCUT2D eigenvalue weighted by molar-refractivity contribution is 5.95. The summed E-state index contributed by atoms with van der Waals surface area (Å²) in [5.41, 5.74) is 2.06. The number of nitriles is 1. The van der Waals surface area contributed by atoms with Gasteiger partial charge in [-0.3, -0.25) is 9.78 Å². The normalized spacial score (nSPS) is 11.4. The summed E-state index contributed by atoms with van der Waals surface area (Å²) in [5.74, 6) is -0.180. The average molecular weight is 265 g/mol. The molecule has 0 saturated carbocycles. The zero-order valence-corrected chi connectivity index (χ0v) is 11.4. The van der Waals surface area contributed by atoms with Gasteiger partial charge in [-0.05, 0) is 30.7 Å². The van der Waals surface area contributed by atoms with Gasteiger partial charge >= 0.3 is 0 Å². The van der Waals surface area contributed by atoms with Crippen LogP contribution in [0.5, 0.6) is 0 Å². The molecule has 1 heterocycles. The van der Waals surface area contributed by atoms with Crippen molar-refractivity contribution in [3.05, 3.63) is 65.5 Å². The fraction of sp³-hybridized carbons (Fsp3) is 0.188. The Kier molecular flexibility index (Phi) is 4.11. The van der Waals surface area contributed by atoms with Crippen molar-refractivity contribution < 1.29 is 4.79 Å². The van der Waals surface area contributed by atoms with Gasteiger partial charge in [0.15, 0.2) is 6.04 Å². The van der Waals surface area contributed by atoms with Gasteiger partial charge in [0.2, 0.25) is 0 Å². The third-order valence-corrected chi connectivity index (χ3v) is 3.17. The van der Waals surface area contributed by atoms with E-state index in [0.29, 0.717) is 11.3 Å². The molecule has 0 N–H and O–H groups in total. The van der Waals surface area contributed by atoms with Crippen molar-refractivity contribution in [3.63, 3.8) is 0 Å². The van der Waals surface area contributed by atoms with E-state index in [0.717, 1.165) is 5.56 Å². The van der Waals surface area contributed by atoms with Crippen LogP contribution in [0.15, 0.2) is 48.7 Å². The molecule has 0 spiro atoms. The standard InChI is InChI=1S/C16H15N3O/c1-12-7-3-4-8-13(12)16(20)19(2)15(11-17)14-9-5-6-10-18-14/h3-10,15H,1-2H3. The number of hydrogen-bond acceptors (Lipinski definition) is 3. The fourth-order valence-corrected chi connectivity index (χ4v) is 2.01. The molecular weight excluding hydrogens is 250 g/mol. The summed E-state index contributed by atoms with van der Waals surface area (Å²) in [4.78, 5) is 18.1. The number of amides is 1. The number of aromatic nitrogens is 1. The topological polar surface area (TPSA) is 57.0 Å². The summed E-state index contributed by atoms with van der Waals surface area (Å²) in [6, 6.07) is 14.1. The highest BCUT2D eigenvalue weighted by atomic mass is 16.2. The van der Waals surface area contributed by atoms with Gasteiger partial charge in [-0.2, -0.15) is 5.26 Å². The van der Waals surface area contributed by atoms with E-state index in [1.54, 1.807) is 37.5 Å². The molecule has 2 aromatic rings. The van der Waals surface area contributed by atoms with Crippen LogP contribution in [-0.4, -0.2) is 22.8 Å². The Hall–Kier alpha value is -2.67. The largest absolute Gasteiger partial charge is 0.320 e. The smallest absolute Gasteiger partial charge is 0.255 e. The summed E-state index contributed by atoms with van der Waals surface area (Å²) in [6.45, 7) is 1.88. The van der Waals surface area contributed by atoms with E-state index in [4.69, 9.17) is 0 Å². The minimum absolute atomic E-state index is 0.180. The van der Waals surface area contributed by atoms with Crippen LogP contribution in [0.3, 0.4) is 0 Å². The highest BCUT2D eigenvalue weighted by Gasteiger charge is 2.24. The predicted octanol–water partition coefficient (Wildman–Crippen LogP) is 2.73. The maximum absolute atomic E-state index is 12.5. The summed E-state index contributed by atoms with van der Waals surface area (Å²) >= 11 is 0. The minimum Gasteiger partial charge on any atom is -0.320 e. The monoisotopic (exact) mass is 265 g/mol. The molecule has 0 bridgehead atoms. The van der Waals surface area contributed by atoms with Crippen LogP contribution in [0.25, 0.3) is 0 Å². The molecule has 0 saturated heterocycles. The van der Waals surface area contributed by atoms with Gasteiger partial charge < -0.3 is 4.90 Å². The lowest BCUT2D eigenvalue weighted by Gasteiger charge is -2.23. The Labute approximate surface area is 118 Å². The maximum atomic E-state index is 12.5.